The summed E-state index contributed by atoms with van der Waals surface area (Å²) in [7, 11) is 0. The Morgan fingerprint density at radius 2 is 0.918 bits per heavy atom. The molecule has 1 N–H and O–H groups in total. The first-order valence-corrected chi connectivity index (χ1v) is 20.9. The molecular formula is C45H80O4. The Morgan fingerprint density at radius 1 is 0.510 bits per heavy atom. The van der Waals surface area contributed by atoms with E-state index >= 15 is 0 Å². The van der Waals surface area contributed by atoms with Crippen LogP contribution in [0.2, 0.25) is 0 Å². The lowest BCUT2D eigenvalue weighted by Gasteiger charge is -2.15. The molecule has 0 saturated heterocycles. The van der Waals surface area contributed by atoms with Crippen LogP contribution in [0.5, 0.6) is 0 Å². The van der Waals surface area contributed by atoms with Crippen LogP contribution in [0.3, 0.4) is 0 Å². The van der Waals surface area contributed by atoms with Gasteiger partial charge in [-0.3, -0.25) is 4.79 Å². The van der Waals surface area contributed by atoms with Crippen molar-refractivity contribution in [3.63, 3.8) is 0 Å². The van der Waals surface area contributed by atoms with Crippen molar-refractivity contribution < 1.29 is 19.4 Å². The minimum Gasteiger partial charge on any atom is -0.457 e. The topological polar surface area (TPSA) is 55.8 Å². The highest BCUT2D eigenvalue weighted by Gasteiger charge is 2.13. The monoisotopic (exact) mass is 685 g/mol. The maximum absolute atomic E-state index is 12.2. The van der Waals surface area contributed by atoms with Crippen molar-refractivity contribution in [2.45, 2.75) is 200 Å². The quantitative estimate of drug-likeness (QED) is 0.0399. The molecule has 0 rings (SSSR count). The van der Waals surface area contributed by atoms with Gasteiger partial charge in [-0.25, -0.2) is 0 Å². The summed E-state index contributed by atoms with van der Waals surface area (Å²) in [4.78, 5) is 12.2. The van der Waals surface area contributed by atoms with Crippen LogP contribution in [0.4, 0.5) is 0 Å². The van der Waals surface area contributed by atoms with E-state index in [-0.39, 0.29) is 19.2 Å². The van der Waals surface area contributed by atoms with Gasteiger partial charge in [-0.1, -0.05) is 171 Å². The van der Waals surface area contributed by atoms with Crippen LogP contribution in [0.25, 0.3) is 0 Å². The number of ether oxygens (including phenoxy) is 2. The average molecular weight is 685 g/mol. The van der Waals surface area contributed by atoms with E-state index in [4.69, 9.17) is 9.47 Å². The molecule has 284 valence electrons. The summed E-state index contributed by atoms with van der Waals surface area (Å²) < 4.78 is 11.1. The van der Waals surface area contributed by atoms with Crippen LogP contribution in [0.15, 0.2) is 60.8 Å². The molecule has 49 heavy (non-hydrogen) atoms. The van der Waals surface area contributed by atoms with E-state index in [1.807, 2.05) is 0 Å². The van der Waals surface area contributed by atoms with Crippen LogP contribution in [-0.2, 0) is 14.3 Å². The van der Waals surface area contributed by atoms with Crippen molar-refractivity contribution in [1.82, 2.24) is 0 Å². The first kappa shape index (κ1) is 47.1. The maximum atomic E-state index is 12.2. The highest BCUT2D eigenvalue weighted by Crippen LogP contribution is 2.13. The van der Waals surface area contributed by atoms with Gasteiger partial charge in [0, 0.05) is 13.0 Å². The van der Waals surface area contributed by atoms with Crippen LogP contribution >= 0.6 is 0 Å². The lowest BCUT2D eigenvalue weighted by atomic mass is 10.1. The number of aliphatic hydroxyl groups is 1. The van der Waals surface area contributed by atoms with Crippen molar-refractivity contribution in [3.8, 4) is 0 Å². The third-order valence-corrected chi connectivity index (χ3v) is 8.83. The largest absolute Gasteiger partial charge is 0.457 e. The van der Waals surface area contributed by atoms with Gasteiger partial charge in [-0.15, -0.1) is 0 Å². The molecule has 4 heteroatoms. The van der Waals surface area contributed by atoms with Crippen molar-refractivity contribution in [3.05, 3.63) is 60.8 Å². The Morgan fingerprint density at radius 3 is 1.41 bits per heavy atom. The number of hydrogen-bond donors (Lipinski definition) is 1. The van der Waals surface area contributed by atoms with E-state index in [1.54, 1.807) is 0 Å². The smallest absolute Gasteiger partial charge is 0.306 e. The van der Waals surface area contributed by atoms with E-state index in [9.17, 15) is 9.90 Å². The van der Waals surface area contributed by atoms with Gasteiger partial charge in [0.05, 0.1) is 13.2 Å². The molecule has 0 radical (unpaired) electrons. The standard InChI is InChI=1S/C45H80O4/c1-3-5-7-9-11-13-15-17-19-21-22-23-24-25-26-28-30-32-34-36-38-40-45(47)49-44(42-46)43-48-41-39-37-35-33-31-29-27-20-18-16-14-12-10-8-6-4-2/h5,7,11,13,17-20,22-23,44,46H,3-4,6,8-10,12,14-16,21,24-43H2,1-2H3/b7-5-,13-11-,19-17-,20-18-,23-22-. The number of rotatable bonds is 38. The Bertz CT molecular complexity index is 809. The lowest BCUT2D eigenvalue weighted by Crippen LogP contribution is -2.27. The predicted molar refractivity (Wildman–Crippen MR) is 214 cm³/mol. The van der Waals surface area contributed by atoms with Crippen molar-refractivity contribution in [2.75, 3.05) is 19.8 Å². The summed E-state index contributed by atoms with van der Waals surface area (Å²) in [5.74, 6) is -0.212. The minimum absolute atomic E-state index is 0.179. The number of aliphatic hydroxyl groups excluding tert-OH is 1. The zero-order valence-corrected chi connectivity index (χ0v) is 32.4. The fraction of sp³-hybridized carbons (Fsp3) is 0.756. The predicted octanol–water partition coefficient (Wildman–Crippen LogP) is 13.7. The molecule has 1 unspecified atom stereocenters. The fourth-order valence-corrected chi connectivity index (χ4v) is 5.72. The van der Waals surface area contributed by atoms with Gasteiger partial charge in [0.1, 0.15) is 6.10 Å². The van der Waals surface area contributed by atoms with Gasteiger partial charge in [0.15, 0.2) is 0 Å². The number of esters is 1. The normalized spacial score (nSPS) is 13.0. The molecule has 0 spiro atoms. The third-order valence-electron chi connectivity index (χ3n) is 8.83. The first-order valence-electron chi connectivity index (χ1n) is 20.9. The third kappa shape index (κ3) is 40.4. The highest BCUT2D eigenvalue weighted by atomic mass is 16.6. The number of allylic oxidation sites excluding steroid dienone is 10. The zero-order valence-electron chi connectivity index (χ0n) is 32.4. The number of hydrogen-bond acceptors (Lipinski definition) is 4. The molecule has 0 saturated carbocycles. The number of carbonyl (C=O) groups is 1. The molecule has 0 aliphatic rings. The Hall–Kier alpha value is -1.91. The van der Waals surface area contributed by atoms with Crippen LogP contribution in [0.1, 0.15) is 194 Å². The van der Waals surface area contributed by atoms with E-state index < -0.39 is 6.10 Å². The first-order chi connectivity index (χ1) is 24.2. The van der Waals surface area contributed by atoms with Crippen molar-refractivity contribution >= 4 is 5.97 Å². The van der Waals surface area contributed by atoms with E-state index in [0.29, 0.717) is 13.0 Å². The molecule has 0 aliphatic carbocycles. The second kappa shape index (κ2) is 42.3. The van der Waals surface area contributed by atoms with Crippen LogP contribution in [0, 0.1) is 0 Å². The summed E-state index contributed by atoms with van der Waals surface area (Å²) in [5.41, 5.74) is 0. The van der Waals surface area contributed by atoms with Gasteiger partial charge >= 0.3 is 5.97 Å². The number of carbonyl (C=O) groups excluding carboxylic acids is 1. The Labute approximate surface area is 305 Å². The summed E-state index contributed by atoms with van der Waals surface area (Å²) in [6.45, 7) is 5.21. The molecule has 0 aromatic carbocycles. The number of unbranched alkanes of at least 4 members (excludes halogenated alkanes) is 20. The van der Waals surface area contributed by atoms with Gasteiger partial charge in [0.2, 0.25) is 0 Å². The van der Waals surface area contributed by atoms with Gasteiger partial charge in [0.25, 0.3) is 0 Å². The summed E-state index contributed by atoms with van der Waals surface area (Å²) in [6.07, 6.45) is 55.6. The molecule has 0 aromatic heterocycles. The Kier molecular flexibility index (Phi) is 40.6. The maximum Gasteiger partial charge on any atom is 0.306 e. The van der Waals surface area contributed by atoms with Crippen molar-refractivity contribution in [2.24, 2.45) is 0 Å². The fourth-order valence-electron chi connectivity index (χ4n) is 5.72. The van der Waals surface area contributed by atoms with Crippen LogP contribution in [-0.4, -0.2) is 37.0 Å². The molecule has 0 amide bonds. The van der Waals surface area contributed by atoms with Gasteiger partial charge in [-0.05, 0) is 77.0 Å². The average Bonchev–Trinajstić information content (AvgIpc) is 3.11. The molecule has 0 bridgehead atoms. The van der Waals surface area contributed by atoms with E-state index in [2.05, 4.69) is 74.6 Å². The molecule has 0 heterocycles. The molecule has 0 fully saturated rings. The van der Waals surface area contributed by atoms with Gasteiger partial charge in [-0.2, -0.15) is 0 Å². The summed E-state index contributed by atoms with van der Waals surface area (Å²) in [5, 5.41) is 9.59. The summed E-state index contributed by atoms with van der Waals surface area (Å²) >= 11 is 0. The summed E-state index contributed by atoms with van der Waals surface area (Å²) in [6, 6.07) is 0. The van der Waals surface area contributed by atoms with Crippen LogP contribution < -0.4 is 0 Å². The minimum atomic E-state index is -0.543. The zero-order chi connectivity index (χ0) is 35.6. The molecule has 0 aromatic rings. The second-order valence-electron chi connectivity index (χ2n) is 13.7. The SMILES string of the molecule is CC/C=C\C/C=C\C/C=C\C/C=C\CCCCCCCCCCC(=O)OC(CO)COCCCCCCCC/C=C\CCCCCCCC. The lowest BCUT2D eigenvalue weighted by molar-refractivity contribution is -0.154. The molecular weight excluding hydrogens is 604 g/mol. The second-order valence-corrected chi connectivity index (χ2v) is 13.7. The van der Waals surface area contributed by atoms with Gasteiger partial charge < -0.3 is 14.6 Å². The molecule has 0 aliphatic heterocycles. The Balaban J connectivity index is 3.48. The van der Waals surface area contributed by atoms with Crippen molar-refractivity contribution in [1.29, 1.82) is 0 Å². The molecule has 4 nitrogen and oxygen atoms in total. The molecule has 1 atom stereocenters. The van der Waals surface area contributed by atoms with E-state index in [0.717, 1.165) is 44.9 Å². The van der Waals surface area contributed by atoms with E-state index in [1.165, 1.54) is 128 Å². The highest BCUT2D eigenvalue weighted by molar-refractivity contribution is 5.69.